The summed E-state index contributed by atoms with van der Waals surface area (Å²) in [5.74, 6) is -0.165. The third-order valence-electron chi connectivity index (χ3n) is 3.89. The fourth-order valence-electron chi connectivity index (χ4n) is 2.24. The van der Waals surface area contributed by atoms with Crippen molar-refractivity contribution in [2.75, 3.05) is 6.61 Å². The molecule has 0 atom stereocenters. The van der Waals surface area contributed by atoms with Gasteiger partial charge < -0.3 is 9.84 Å². The normalized spacial score (nSPS) is 11.4. The van der Waals surface area contributed by atoms with Gasteiger partial charge in [0.25, 0.3) is 0 Å². The minimum Gasteiger partial charge on any atom is -0.492 e. The Kier molecular flexibility index (Phi) is 6.59. The predicted octanol–water partition coefficient (Wildman–Crippen LogP) is 5.44. The van der Waals surface area contributed by atoms with Gasteiger partial charge in [-0.05, 0) is 38.1 Å². The fraction of sp³-hybridized carbons (Fsp3) is 0.250. The molecule has 0 aliphatic carbocycles. The molecule has 28 heavy (non-hydrogen) atoms. The number of hydrogen-bond acceptors (Lipinski definition) is 6. The second-order valence-corrected chi connectivity index (χ2v) is 9.67. The molecule has 2 aromatic heterocycles. The lowest BCUT2D eigenvalue weighted by Crippen LogP contribution is -2.26. The van der Waals surface area contributed by atoms with E-state index in [-0.39, 0.29) is 0 Å². The van der Waals surface area contributed by atoms with Crippen molar-refractivity contribution in [3.05, 3.63) is 58.7 Å². The summed E-state index contributed by atoms with van der Waals surface area (Å²) in [7, 11) is 0. The van der Waals surface area contributed by atoms with E-state index in [2.05, 4.69) is 9.97 Å². The first-order chi connectivity index (χ1) is 13.3. The molecule has 1 aromatic carbocycles. The predicted molar refractivity (Wildman–Crippen MR) is 114 cm³/mol. The Hall–Kier alpha value is -2.09. The Balaban J connectivity index is 1.51. The van der Waals surface area contributed by atoms with Crippen molar-refractivity contribution in [2.45, 2.75) is 29.4 Å². The van der Waals surface area contributed by atoms with Gasteiger partial charge in [-0.25, -0.2) is 4.98 Å². The molecule has 3 aromatic rings. The van der Waals surface area contributed by atoms with Gasteiger partial charge in [0.1, 0.15) is 10.5 Å². The maximum Gasteiger partial charge on any atom is 0.319 e. The van der Waals surface area contributed by atoms with Crippen LogP contribution in [0.3, 0.4) is 0 Å². The molecule has 0 bridgehead atoms. The first-order valence-corrected chi connectivity index (χ1v) is 10.6. The summed E-state index contributed by atoms with van der Waals surface area (Å²) in [5.41, 5.74) is 2.73. The number of halogens is 1. The molecule has 1 N–H and O–H groups in total. The van der Waals surface area contributed by atoms with E-state index >= 15 is 0 Å². The number of nitrogens with zero attached hydrogens (tertiary/aromatic N) is 2. The van der Waals surface area contributed by atoms with Crippen LogP contribution in [0.5, 0.6) is 5.75 Å². The van der Waals surface area contributed by atoms with Gasteiger partial charge in [-0.15, -0.1) is 11.3 Å². The molecule has 0 aliphatic heterocycles. The second-order valence-electron chi connectivity index (χ2n) is 6.51. The van der Waals surface area contributed by atoms with Crippen molar-refractivity contribution in [3.63, 3.8) is 0 Å². The van der Waals surface area contributed by atoms with Gasteiger partial charge in [-0.1, -0.05) is 35.5 Å². The summed E-state index contributed by atoms with van der Waals surface area (Å²) >= 11 is 8.61. The number of carbonyl (C=O) groups is 1. The molecular formula is C20H19ClN2O3S2. The first-order valence-electron chi connectivity index (χ1n) is 8.55. The number of ether oxygens (including phenoxy) is 1. The van der Waals surface area contributed by atoms with Gasteiger partial charge in [-0.3, -0.25) is 9.78 Å². The first kappa shape index (κ1) is 20.6. The molecule has 0 spiro atoms. The van der Waals surface area contributed by atoms with E-state index in [1.54, 1.807) is 20.0 Å². The minimum atomic E-state index is -0.900. The minimum absolute atomic E-state index is 0.470. The molecule has 0 saturated heterocycles. The van der Waals surface area contributed by atoms with E-state index in [0.29, 0.717) is 23.8 Å². The molecule has 3 rings (SSSR count). The lowest BCUT2D eigenvalue weighted by atomic mass is 10.1. The number of benzene rings is 1. The molecule has 8 heteroatoms. The number of carboxylic acids is 1. The summed E-state index contributed by atoms with van der Waals surface area (Å²) in [6.45, 7) is 3.81. The number of hydrogen-bond donors (Lipinski definition) is 1. The van der Waals surface area contributed by atoms with Crippen molar-refractivity contribution >= 4 is 40.7 Å². The summed E-state index contributed by atoms with van der Waals surface area (Å²) in [5, 5.41) is 11.8. The van der Waals surface area contributed by atoms with Gasteiger partial charge >= 0.3 is 5.97 Å². The molecular weight excluding hydrogens is 416 g/mol. The van der Waals surface area contributed by atoms with Crippen molar-refractivity contribution in [2.24, 2.45) is 0 Å². The fourth-order valence-corrected chi connectivity index (χ4v) is 4.59. The van der Waals surface area contributed by atoms with Crippen LogP contribution in [0, 0.1) is 0 Å². The third-order valence-corrected chi connectivity index (χ3v) is 6.32. The average molecular weight is 435 g/mol. The average Bonchev–Trinajstić information content (AvgIpc) is 3.09. The Labute approximate surface area is 176 Å². The quantitative estimate of drug-likeness (QED) is 0.476. The van der Waals surface area contributed by atoms with Crippen molar-refractivity contribution in [1.29, 1.82) is 0 Å². The van der Waals surface area contributed by atoms with Gasteiger partial charge in [0.2, 0.25) is 0 Å². The zero-order valence-corrected chi connectivity index (χ0v) is 17.8. The van der Waals surface area contributed by atoms with Crippen LogP contribution in [-0.4, -0.2) is 32.4 Å². The van der Waals surface area contributed by atoms with Crippen molar-refractivity contribution in [3.8, 4) is 17.0 Å². The van der Waals surface area contributed by atoms with Crippen LogP contribution in [0.15, 0.2) is 52.3 Å². The number of aromatic nitrogens is 2. The molecule has 2 heterocycles. The summed E-state index contributed by atoms with van der Waals surface area (Å²) in [4.78, 5) is 20.1. The van der Waals surface area contributed by atoms with E-state index in [1.807, 2.05) is 41.8 Å². The number of aliphatic carboxylic acids is 1. The van der Waals surface area contributed by atoms with Gasteiger partial charge in [0.05, 0.1) is 24.2 Å². The van der Waals surface area contributed by atoms with Gasteiger partial charge in [-0.2, -0.15) is 0 Å². The molecule has 0 aliphatic rings. The molecule has 5 nitrogen and oxygen atoms in total. The van der Waals surface area contributed by atoms with Crippen LogP contribution in [0.25, 0.3) is 11.3 Å². The second kappa shape index (κ2) is 8.94. The lowest BCUT2D eigenvalue weighted by molar-refractivity contribution is -0.138. The maximum absolute atomic E-state index is 11.2. The Morgan fingerprint density at radius 1 is 1.25 bits per heavy atom. The summed E-state index contributed by atoms with van der Waals surface area (Å²) < 4.78 is 5.60. The van der Waals surface area contributed by atoms with Crippen molar-refractivity contribution < 1.29 is 14.6 Å². The van der Waals surface area contributed by atoms with Crippen molar-refractivity contribution in [1.82, 2.24) is 9.97 Å². The van der Waals surface area contributed by atoms with Crippen LogP contribution in [0.2, 0.25) is 5.02 Å². The standard InChI is InChI=1S/C20H19ClN2O3S2/c1-20(2,18(24)25)28-19-23-15(12-27-19)9-10-26-16-7-8-17(22-11-16)13-3-5-14(21)6-4-13/h3-8,11-12H,9-10H2,1-2H3,(H,24,25). The molecule has 0 saturated carbocycles. The molecule has 0 unspecified atom stereocenters. The Morgan fingerprint density at radius 3 is 2.64 bits per heavy atom. The lowest BCUT2D eigenvalue weighted by Gasteiger charge is -2.15. The van der Waals surface area contributed by atoms with E-state index in [4.69, 9.17) is 16.3 Å². The Morgan fingerprint density at radius 2 is 2.00 bits per heavy atom. The van der Waals surface area contributed by atoms with E-state index in [9.17, 15) is 9.90 Å². The van der Waals surface area contributed by atoms with Crippen LogP contribution in [0.1, 0.15) is 19.5 Å². The highest BCUT2D eigenvalue weighted by atomic mass is 35.5. The van der Waals surface area contributed by atoms with Crippen LogP contribution in [-0.2, 0) is 11.2 Å². The van der Waals surface area contributed by atoms with Gasteiger partial charge in [0, 0.05) is 22.4 Å². The third kappa shape index (κ3) is 5.47. The topological polar surface area (TPSA) is 72.3 Å². The number of pyridine rings is 1. The highest BCUT2D eigenvalue weighted by Gasteiger charge is 2.29. The number of thiazole rings is 1. The number of thioether (sulfide) groups is 1. The molecule has 0 amide bonds. The smallest absolute Gasteiger partial charge is 0.319 e. The van der Waals surface area contributed by atoms with Crippen LogP contribution >= 0.6 is 34.7 Å². The van der Waals surface area contributed by atoms with E-state index in [0.717, 1.165) is 21.3 Å². The highest BCUT2D eigenvalue weighted by Crippen LogP contribution is 2.34. The molecule has 0 radical (unpaired) electrons. The zero-order valence-electron chi connectivity index (χ0n) is 15.4. The monoisotopic (exact) mass is 434 g/mol. The number of rotatable bonds is 8. The van der Waals surface area contributed by atoms with Crippen LogP contribution in [0.4, 0.5) is 0 Å². The molecule has 146 valence electrons. The summed E-state index contributed by atoms with van der Waals surface area (Å²) in [6, 6.07) is 11.3. The zero-order chi connectivity index (χ0) is 20.1. The van der Waals surface area contributed by atoms with E-state index < -0.39 is 10.7 Å². The maximum atomic E-state index is 11.2. The highest BCUT2D eigenvalue weighted by molar-refractivity contribution is 8.02. The number of carboxylic acid groups (broad SMARTS) is 1. The Bertz CT molecular complexity index is 941. The SMILES string of the molecule is CC(C)(Sc1nc(CCOc2ccc(-c3ccc(Cl)cc3)nc2)cs1)C(=O)O. The van der Waals surface area contributed by atoms with Crippen LogP contribution < -0.4 is 4.74 Å². The van der Waals surface area contributed by atoms with E-state index in [1.165, 1.54) is 23.1 Å². The van der Waals surface area contributed by atoms with Gasteiger partial charge in [0.15, 0.2) is 4.34 Å². The molecule has 0 fully saturated rings. The summed E-state index contributed by atoms with van der Waals surface area (Å²) in [6.07, 6.45) is 2.34. The largest absolute Gasteiger partial charge is 0.492 e.